The summed E-state index contributed by atoms with van der Waals surface area (Å²) in [5, 5.41) is 2.90. The second-order valence-corrected chi connectivity index (χ2v) is 4.53. The highest BCUT2D eigenvalue weighted by Gasteiger charge is 2.25. The second kappa shape index (κ2) is 4.18. The molecule has 5 heteroatoms. The van der Waals surface area contributed by atoms with Gasteiger partial charge in [-0.25, -0.2) is 9.78 Å². The molecular weight excluding hydrogens is 258 g/mol. The molecule has 80 valence electrons. The van der Waals surface area contributed by atoms with Crippen LogP contribution in [0.4, 0.5) is 10.6 Å². The van der Waals surface area contributed by atoms with E-state index in [4.69, 9.17) is 0 Å². The number of aromatic nitrogens is 1. The molecule has 2 rings (SSSR count). The first-order chi connectivity index (χ1) is 7.16. The van der Waals surface area contributed by atoms with Crippen LogP contribution in [0.3, 0.4) is 0 Å². The molecule has 0 aromatic carbocycles. The Hall–Kier alpha value is -1.10. The Morgan fingerprint density at radius 1 is 1.60 bits per heavy atom. The van der Waals surface area contributed by atoms with Gasteiger partial charge in [-0.05, 0) is 40.9 Å². The van der Waals surface area contributed by atoms with Gasteiger partial charge in [0.25, 0.3) is 0 Å². The standard InChI is InChI=1S/C10H12BrN3O/c1-14(10(15)13-8-3-4-8)9-5-2-7(11)6-12-9/h2,5-6,8H,3-4H2,1H3,(H,13,15). The summed E-state index contributed by atoms with van der Waals surface area (Å²) < 4.78 is 0.905. The van der Waals surface area contributed by atoms with Gasteiger partial charge in [0.2, 0.25) is 0 Å². The average Bonchev–Trinajstić information content (AvgIpc) is 3.02. The van der Waals surface area contributed by atoms with Crippen molar-refractivity contribution in [3.05, 3.63) is 22.8 Å². The SMILES string of the molecule is CN(C(=O)NC1CC1)c1ccc(Br)cn1. The van der Waals surface area contributed by atoms with Gasteiger partial charge in [0, 0.05) is 23.8 Å². The third-order valence-corrected chi connectivity index (χ3v) is 2.73. The number of rotatable bonds is 2. The lowest BCUT2D eigenvalue weighted by Gasteiger charge is -2.16. The highest BCUT2D eigenvalue weighted by atomic mass is 79.9. The van der Waals surface area contributed by atoms with Crippen molar-refractivity contribution in [1.82, 2.24) is 10.3 Å². The zero-order valence-electron chi connectivity index (χ0n) is 8.40. The van der Waals surface area contributed by atoms with Crippen LogP contribution < -0.4 is 10.2 Å². The lowest BCUT2D eigenvalue weighted by Crippen LogP contribution is -2.38. The Balaban J connectivity index is 2.02. The molecule has 0 radical (unpaired) electrons. The molecule has 1 aromatic rings. The number of hydrogen-bond acceptors (Lipinski definition) is 2. The van der Waals surface area contributed by atoms with Gasteiger partial charge in [-0.15, -0.1) is 0 Å². The lowest BCUT2D eigenvalue weighted by atomic mass is 10.4. The molecule has 0 atom stereocenters. The molecule has 1 heterocycles. The van der Waals surface area contributed by atoms with Crippen LogP contribution >= 0.6 is 15.9 Å². The molecule has 1 aliphatic carbocycles. The van der Waals surface area contributed by atoms with E-state index in [0.717, 1.165) is 17.3 Å². The van der Waals surface area contributed by atoms with Gasteiger partial charge < -0.3 is 5.32 Å². The average molecular weight is 270 g/mol. The number of anilines is 1. The van der Waals surface area contributed by atoms with E-state index in [1.807, 2.05) is 6.07 Å². The number of carbonyl (C=O) groups is 1. The van der Waals surface area contributed by atoms with Crippen molar-refractivity contribution < 1.29 is 4.79 Å². The molecule has 0 spiro atoms. The van der Waals surface area contributed by atoms with Crippen LogP contribution in [0.25, 0.3) is 0 Å². The Bertz CT molecular complexity index is 361. The molecular formula is C10H12BrN3O. The smallest absolute Gasteiger partial charge is 0.323 e. The Labute approximate surface area is 96.8 Å². The first-order valence-corrected chi connectivity index (χ1v) is 5.62. The van der Waals surface area contributed by atoms with Gasteiger partial charge in [-0.1, -0.05) is 0 Å². The van der Waals surface area contributed by atoms with Gasteiger partial charge in [0.1, 0.15) is 5.82 Å². The largest absolute Gasteiger partial charge is 0.335 e. The number of halogens is 1. The van der Waals surface area contributed by atoms with Crippen molar-refractivity contribution in [2.24, 2.45) is 0 Å². The minimum absolute atomic E-state index is 0.0904. The zero-order valence-corrected chi connectivity index (χ0v) is 9.99. The quantitative estimate of drug-likeness (QED) is 0.895. The molecule has 0 unspecified atom stereocenters. The van der Waals surface area contributed by atoms with Gasteiger partial charge in [-0.3, -0.25) is 4.90 Å². The molecule has 1 aromatic heterocycles. The maximum absolute atomic E-state index is 11.6. The molecule has 0 saturated heterocycles. The summed E-state index contributed by atoms with van der Waals surface area (Å²) >= 11 is 3.30. The normalized spacial score (nSPS) is 14.8. The van der Waals surface area contributed by atoms with Crippen molar-refractivity contribution in [2.45, 2.75) is 18.9 Å². The first kappa shape index (κ1) is 10.4. The number of nitrogens with one attached hydrogen (secondary N) is 1. The third-order valence-electron chi connectivity index (χ3n) is 2.27. The summed E-state index contributed by atoms with van der Waals surface area (Å²) in [6.45, 7) is 0. The van der Waals surface area contributed by atoms with E-state index >= 15 is 0 Å². The molecule has 0 bridgehead atoms. The summed E-state index contributed by atoms with van der Waals surface area (Å²) in [7, 11) is 1.72. The maximum atomic E-state index is 11.6. The topological polar surface area (TPSA) is 45.2 Å². The maximum Gasteiger partial charge on any atom is 0.323 e. The van der Waals surface area contributed by atoms with Gasteiger partial charge in [-0.2, -0.15) is 0 Å². The molecule has 1 fully saturated rings. The van der Waals surface area contributed by atoms with Crippen LogP contribution in [0.15, 0.2) is 22.8 Å². The van der Waals surface area contributed by atoms with E-state index in [9.17, 15) is 4.79 Å². The van der Waals surface area contributed by atoms with Gasteiger partial charge >= 0.3 is 6.03 Å². The van der Waals surface area contributed by atoms with E-state index < -0.39 is 0 Å². The number of amides is 2. The summed E-state index contributed by atoms with van der Waals surface area (Å²) in [6, 6.07) is 3.95. The Kier molecular flexibility index (Phi) is 2.90. The Morgan fingerprint density at radius 2 is 2.33 bits per heavy atom. The minimum atomic E-state index is -0.0904. The van der Waals surface area contributed by atoms with Crippen molar-refractivity contribution in [1.29, 1.82) is 0 Å². The molecule has 1 aliphatic rings. The fourth-order valence-corrected chi connectivity index (χ4v) is 1.40. The third kappa shape index (κ3) is 2.68. The molecule has 2 amide bonds. The van der Waals surface area contributed by atoms with Gasteiger partial charge in [0.15, 0.2) is 0 Å². The fraction of sp³-hybridized carbons (Fsp3) is 0.400. The molecule has 0 aliphatic heterocycles. The molecule has 1 saturated carbocycles. The number of pyridine rings is 1. The summed E-state index contributed by atoms with van der Waals surface area (Å²) in [4.78, 5) is 17.3. The summed E-state index contributed by atoms with van der Waals surface area (Å²) in [5.74, 6) is 0.649. The van der Waals surface area contributed by atoms with Crippen LogP contribution in [0.1, 0.15) is 12.8 Å². The number of urea groups is 1. The minimum Gasteiger partial charge on any atom is -0.335 e. The van der Waals surface area contributed by atoms with Crippen molar-refractivity contribution >= 4 is 27.8 Å². The van der Waals surface area contributed by atoms with E-state index in [-0.39, 0.29) is 6.03 Å². The second-order valence-electron chi connectivity index (χ2n) is 3.62. The zero-order chi connectivity index (χ0) is 10.8. The van der Waals surface area contributed by atoms with Crippen LogP contribution in [-0.2, 0) is 0 Å². The first-order valence-electron chi connectivity index (χ1n) is 4.82. The molecule has 15 heavy (non-hydrogen) atoms. The lowest BCUT2D eigenvalue weighted by molar-refractivity contribution is 0.247. The van der Waals surface area contributed by atoms with Crippen molar-refractivity contribution in [2.75, 3.05) is 11.9 Å². The summed E-state index contributed by atoms with van der Waals surface area (Å²) in [6.07, 6.45) is 3.86. The Morgan fingerprint density at radius 3 is 2.87 bits per heavy atom. The van der Waals surface area contributed by atoms with E-state index in [2.05, 4.69) is 26.2 Å². The monoisotopic (exact) mass is 269 g/mol. The van der Waals surface area contributed by atoms with Crippen molar-refractivity contribution in [3.63, 3.8) is 0 Å². The van der Waals surface area contributed by atoms with E-state index in [1.165, 1.54) is 4.90 Å². The fourth-order valence-electron chi connectivity index (χ4n) is 1.17. The number of carbonyl (C=O) groups excluding carboxylic acids is 1. The van der Waals surface area contributed by atoms with Crippen LogP contribution in [-0.4, -0.2) is 24.1 Å². The van der Waals surface area contributed by atoms with Crippen LogP contribution in [0.5, 0.6) is 0 Å². The number of nitrogens with zero attached hydrogens (tertiary/aromatic N) is 2. The van der Waals surface area contributed by atoms with Crippen LogP contribution in [0, 0.1) is 0 Å². The highest BCUT2D eigenvalue weighted by molar-refractivity contribution is 9.10. The van der Waals surface area contributed by atoms with Gasteiger partial charge in [0.05, 0.1) is 0 Å². The predicted molar refractivity (Wildman–Crippen MR) is 61.9 cm³/mol. The predicted octanol–water partition coefficient (Wildman–Crippen LogP) is 2.15. The molecule has 4 nitrogen and oxygen atoms in total. The number of hydrogen-bond donors (Lipinski definition) is 1. The summed E-state index contributed by atoms with van der Waals surface area (Å²) in [5.41, 5.74) is 0. The highest BCUT2D eigenvalue weighted by Crippen LogP contribution is 2.20. The van der Waals surface area contributed by atoms with E-state index in [0.29, 0.717) is 11.9 Å². The molecule has 1 N–H and O–H groups in total. The van der Waals surface area contributed by atoms with E-state index in [1.54, 1.807) is 19.3 Å². The van der Waals surface area contributed by atoms with Crippen LogP contribution in [0.2, 0.25) is 0 Å². The van der Waals surface area contributed by atoms with Crippen molar-refractivity contribution in [3.8, 4) is 0 Å².